The van der Waals surface area contributed by atoms with Gasteiger partial charge in [-0.3, -0.25) is 0 Å². The summed E-state index contributed by atoms with van der Waals surface area (Å²) in [7, 11) is 0. The van der Waals surface area contributed by atoms with Gasteiger partial charge in [0.1, 0.15) is 0 Å². The van der Waals surface area contributed by atoms with E-state index in [0.717, 1.165) is 0 Å². The molecule has 4 heteroatoms. The van der Waals surface area contributed by atoms with Crippen molar-refractivity contribution >= 4 is 36.8 Å². The molecule has 1 radical (unpaired) electrons. The summed E-state index contributed by atoms with van der Waals surface area (Å²) < 4.78 is 0. The van der Waals surface area contributed by atoms with Crippen LogP contribution in [0.15, 0.2) is 0 Å². The van der Waals surface area contributed by atoms with Gasteiger partial charge in [0.25, 0.3) is 0 Å². The summed E-state index contributed by atoms with van der Waals surface area (Å²) in [6, 6.07) is 0. The van der Waals surface area contributed by atoms with E-state index in [1.165, 1.54) is 13.8 Å². The van der Waals surface area contributed by atoms with Gasteiger partial charge >= 0.3 is 53.9 Å². The molecule has 0 aromatic heterocycles. The standard InChI is InChI=1S/Al.Cu.Mg.Re.4H. The van der Waals surface area contributed by atoms with Crippen molar-refractivity contribution in [3.8, 4) is 0 Å². The third-order valence-electron chi connectivity index (χ3n) is 0. The van der Waals surface area contributed by atoms with Crippen molar-refractivity contribution < 1.29 is 34.2 Å². The molecule has 0 N–H and O–H groups in total. The molecule has 0 atom stereocenters. The Morgan fingerprint density at radius 1 is 1.25 bits per heavy atom. The zero-order valence-corrected chi connectivity index (χ0v) is 7.34. The number of hydrogen-bond acceptors (Lipinski definition) is 0. The Labute approximate surface area is 70.0 Å². The fraction of sp³-hybridized carbons (Fsp3) is 0. The van der Waals surface area contributed by atoms with Crippen molar-refractivity contribution in [1.82, 2.24) is 0 Å². The predicted molar refractivity (Wildman–Crippen MR) is 17.1 cm³/mol. The second-order valence-corrected chi connectivity index (χ2v) is 0. The molecule has 0 aliphatic carbocycles. The van der Waals surface area contributed by atoms with E-state index in [2.05, 4.69) is 0 Å². The predicted octanol–water partition coefficient (Wildman–Crippen LogP) is -1.84. The molecule has 0 aliphatic heterocycles. The minimum absolute atomic E-state index is 0. The van der Waals surface area contributed by atoms with E-state index in [0.29, 0.717) is 0 Å². The van der Waals surface area contributed by atoms with Crippen LogP contribution in [-0.2, 0) is 34.2 Å². The Kier molecular flexibility index (Phi) is 71.8. The van der Waals surface area contributed by atoms with Gasteiger partial charge in [0.2, 0.25) is 0 Å². The van der Waals surface area contributed by atoms with Gasteiger partial charge in [-0.1, -0.05) is 0 Å². The fourth-order valence-corrected chi connectivity index (χ4v) is 0. The number of rotatable bonds is 0. The molecule has 0 aliphatic rings. The first-order chi connectivity index (χ1) is 1.00. The monoisotopic (exact) mass is 305 g/mol. The Balaban J connectivity index is -0.00000000500. The summed E-state index contributed by atoms with van der Waals surface area (Å²) in [4.78, 5) is 0. The average Bonchev–Trinajstić information content (AvgIpc) is 1.00. The fourth-order valence-electron chi connectivity index (χ4n) is 0. The smallest absolute Gasteiger partial charge is 0 e. The average molecular weight is 305 g/mol. The molecule has 0 heterocycles. The van der Waals surface area contributed by atoms with Crippen LogP contribution in [-0.4, -0.2) is 36.8 Å². The third kappa shape index (κ3) is 8.82. The summed E-state index contributed by atoms with van der Waals surface area (Å²) in [5, 5.41) is 0. The Hall–Kier alpha value is 2.48. The van der Waals surface area contributed by atoms with Crippen LogP contribution in [0.5, 0.6) is 0 Å². The topological polar surface area (TPSA) is 0 Å². The molecule has 0 unspecified atom stereocenters. The molecule has 0 aromatic rings. The van der Waals surface area contributed by atoms with Gasteiger partial charge in [0.05, 0.1) is 0 Å². The van der Waals surface area contributed by atoms with Crippen LogP contribution in [0, 0.1) is 0 Å². The van der Waals surface area contributed by atoms with Crippen LogP contribution in [0.2, 0.25) is 0 Å². The van der Waals surface area contributed by atoms with E-state index in [1.807, 2.05) is 17.1 Å². The van der Waals surface area contributed by atoms with Crippen molar-refractivity contribution in [1.29, 1.82) is 0 Å². The molecule has 0 nitrogen and oxygen atoms in total. The normalized spacial score (nSPS) is 1.25. The van der Waals surface area contributed by atoms with Crippen molar-refractivity contribution in [3.05, 3.63) is 0 Å². The van der Waals surface area contributed by atoms with Crippen LogP contribution < -0.4 is 0 Å². The molecule has 0 bridgehead atoms. The van der Waals surface area contributed by atoms with E-state index in [4.69, 9.17) is 0 Å². The Morgan fingerprint density at radius 2 is 1.25 bits per heavy atom. The molecule has 0 fully saturated rings. The van der Waals surface area contributed by atoms with Gasteiger partial charge in [-0.05, 0) is 0 Å². The SMILES string of the molecule is [AlH2][Re].[Cu].[MgH2]. The molecule has 27 valence electrons. The summed E-state index contributed by atoms with van der Waals surface area (Å²) in [6.07, 6.45) is 0. The van der Waals surface area contributed by atoms with E-state index in [1.54, 1.807) is 0 Å². The summed E-state index contributed by atoms with van der Waals surface area (Å²) in [6.45, 7) is 0. The molecule has 0 amide bonds. The summed E-state index contributed by atoms with van der Waals surface area (Å²) >= 11 is 3.22. The Bertz CT molecular complexity index is 8.00. The minimum Gasteiger partial charge on any atom is 0 e. The quantitative estimate of drug-likeness (QED) is 0.462. The van der Waals surface area contributed by atoms with Crippen LogP contribution in [0.3, 0.4) is 0 Å². The van der Waals surface area contributed by atoms with Gasteiger partial charge < -0.3 is 0 Å². The molecule has 0 saturated carbocycles. The molecule has 0 saturated heterocycles. The minimum atomic E-state index is 0. The molecular formula is H4AlCuMgRe. The van der Waals surface area contributed by atoms with Crippen molar-refractivity contribution in [2.24, 2.45) is 0 Å². The summed E-state index contributed by atoms with van der Waals surface area (Å²) in [5.41, 5.74) is 0. The van der Waals surface area contributed by atoms with E-state index in [-0.39, 0.29) is 40.1 Å². The third-order valence-corrected chi connectivity index (χ3v) is 0. The first-order valence-electron chi connectivity index (χ1n) is 0.378. The van der Waals surface area contributed by atoms with Gasteiger partial charge in [0.15, 0.2) is 0 Å². The number of hydrogen-bond donors (Lipinski definition) is 0. The second kappa shape index (κ2) is 17.9. The van der Waals surface area contributed by atoms with Crippen molar-refractivity contribution in [2.45, 2.75) is 0 Å². The largest absolute Gasteiger partial charge is 0.316 e. The first-order valence-corrected chi connectivity index (χ1v) is 9.28. The van der Waals surface area contributed by atoms with Gasteiger partial charge in [0, 0.05) is 17.1 Å². The van der Waals surface area contributed by atoms with Gasteiger partial charge in [-0.15, -0.1) is 0 Å². The van der Waals surface area contributed by atoms with Gasteiger partial charge in [-0.2, -0.15) is 0 Å². The van der Waals surface area contributed by atoms with E-state index in [9.17, 15) is 0 Å². The van der Waals surface area contributed by atoms with Crippen molar-refractivity contribution in [3.63, 3.8) is 0 Å². The maximum atomic E-state index is 1.86. The van der Waals surface area contributed by atoms with Crippen LogP contribution in [0.1, 0.15) is 0 Å². The van der Waals surface area contributed by atoms with Crippen LogP contribution in [0.4, 0.5) is 0 Å². The van der Waals surface area contributed by atoms with Crippen LogP contribution >= 0.6 is 0 Å². The first kappa shape index (κ1) is 16.1. The maximum absolute atomic E-state index is 1.86. The second-order valence-electron chi connectivity index (χ2n) is 0. The van der Waals surface area contributed by atoms with Crippen molar-refractivity contribution in [2.75, 3.05) is 0 Å². The maximum Gasteiger partial charge on any atom is 0.316 e. The van der Waals surface area contributed by atoms with E-state index >= 15 is 0 Å². The molecular weight excluding hydrogens is 301 g/mol. The van der Waals surface area contributed by atoms with Gasteiger partial charge in [-0.25, -0.2) is 0 Å². The molecule has 0 aromatic carbocycles. The van der Waals surface area contributed by atoms with Crippen LogP contribution in [0.25, 0.3) is 0 Å². The molecule has 0 rings (SSSR count). The molecule has 0 spiro atoms. The molecule has 4 heavy (non-hydrogen) atoms. The van der Waals surface area contributed by atoms with E-state index < -0.39 is 0 Å². The Morgan fingerprint density at radius 3 is 1.25 bits per heavy atom. The summed E-state index contributed by atoms with van der Waals surface area (Å²) in [5.74, 6) is 0. The zero-order valence-electron chi connectivity index (χ0n) is 1.68. The zero-order chi connectivity index (χ0) is 2.00.